The molecule has 1 atom stereocenters. The van der Waals surface area contributed by atoms with Gasteiger partial charge in [-0.2, -0.15) is 5.10 Å². The van der Waals surface area contributed by atoms with Crippen LogP contribution in [0.4, 0.5) is 14.6 Å². The van der Waals surface area contributed by atoms with Gasteiger partial charge in [0, 0.05) is 31.5 Å². The van der Waals surface area contributed by atoms with Crippen molar-refractivity contribution in [3.05, 3.63) is 54.4 Å². The fourth-order valence-electron chi connectivity index (χ4n) is 4.21. The molecule has 0 radical (unpaired) electrons. The Morgan fingerprint density at radius 2 is 1.97 bits per heavy atom. The third kappa shape index (κ3) is 6.41. The maximum absolute atomic E-state index is 14.1. The van der Waals surface area contributed by atoms with Gasteiger partial charge in [0.2, 0.25) is 5.91 Å². The van der Waals surface area contributed by atoms with Crippen LogP contribution in [0, 0.1) is 17.6 Å². The molecule has 11 heteroatoms. The molecule has 0 saturated carbocycles. The van der Waals surface area contributed by atoms with Gasteiger partial charge in [-0.05, 0) is 51.2 Å². The SMILES string of the molecule is CC(C)(O)Cn1ccc(NC(=O)C(CC2CCOCC2)n2cc(Oc3c(F)cccc3F)cc2O)n1. The molecule has 1 unspecified atom stereocenters. The summed E-state index contributed by atoms with van der Waals surface area (Å²) in [5.74, 6) is -2.66. The fourth-order valence-corrected chi connectivity index (χ4v) is 4.21. The zero-order chi connectivity index (χ0) is 25.9. The zero-order valence-electron chi connectivity index (χ0n) is 20.2. The fraction of sp³-hybridized carbons (Fsp3) is 0.440. The largest absolute Gasteiger partial charge is 0.494 e. The maximum Gasteiger partial charge on any atom is 0.248 e. The molecule has 1 aromatic carbocycles. The molecule has 3 aromatic rings. The second-order valence-corrected chi connectivity index (χ2v) is 9.60. The minimum atomic E-state index is -0.982. The number of ether oxygens (including phenoxy) is 2. The van der Waals surface area contributed by atoms with Gasteiger partial charge in [0.25, 0.3) is 0 Å². The van der Waals surface area contributed by atoms with Crippen LogP contribution in [-0.2, 0) is 16.1 Å². The number of rotatable bonds is 9. The van der Waals surface area contributed by atoms with E-state index in [4.69, 9.17) is 9.47 Å². The number of nitrogens with zero attached hydrogens (tertiary/aromatic N) is 3. The van der Waals surface area contributed by atoms with Gasteiger partial charge in [0.1, 0.15) is 11.8 Å². The standard InChI is InChI=1S/C25H30F2N4O5/c1-25(2,34)15-30-9-6-21(29-30)28-24(33)20(12-16-7-10-35-11-8-16)31-14-17(13-22(31)32)36-23-18(26)4-3-5-19(23)27/h3-6,9,13-14,16,20,32,34H,7-8,10-12,15H2,1-2H3,(H,28,29,33). The van der Waals surface area contributed by atoms with Crippen molar-refractivity contribution >= 4 is 11.7 Å². The lowest BCUT2D eigenvalue weighted by Crippen LogP contribution is -2.30. The van der Waals surface area contributed by atoms with Crippen molar-refractivity contribution in [3.63, 3.8) is 0 Å². The monoisotopic (exact) mass is 504 g/mol. The summed E-state index contributed by atoms with van der Waals surface area (Å²) >= 11 is 0. The van der Waals surface area contributed by atoms with Crippen molar-refractivity contribution in [2.24, 2.45) is 5.92 Å². The Balaban J connectivity index is 1.57. The third-order valence-corrected chi connectivity index (χ3v) is 5.92. The van der Waals surface area contributed by atoms with E-state index in [9.17, 15) is 23.8 Å². The number of nitrogens with one attached hydrogen (secondary N) is 1. The summed E-state index contributed by atoms with van der Waals surface area (Å²) in [5.41, 5.74) is -0.982. The highest BCUT2D eigenvalue weighted by Crippen LogP contribution is 2.35. The Kier molecular flexibility index (Phi) is 7.60. The lowest BCUT2D eigenvalue weighted by molar-refractivity contribution is -0.120. The molecule has 3 heterocycles. The Bertz CT molecular complexity index is 1180. The number of para-hydroxylation sites is 1. The molecule has 9 nitrogen and oxygen atoms in total. The molecule has 36 heavy (non-hydrogen) atoms. The van der Waals surface area contributed by atoms with Crippen LogP contribution in [0.3, 0.4) is 0 Å². The van der Waals surface area contributed by atoms with Gasteiger partial charge in [-0.15, -0.1) is 0 Å². The minimum Gasteiger partial charge on any atom is -0.494 e. The molecule has 0 spiro atoms. The third-order valence-electron chi connectivity index (χ3n) is 5.92. The van der Waals surface area contributed by atoms with E-state index >= 15 is 0 Å². The van der Waals surface area contributed by atoms with E-state index in [0.29, 0.717) is 19.6 Å². The Labute approximate surface area is 207 Å². The summed E-state index contributed by atoms with van der Waals surface area (Å²) in [4.78, 5) is 13.4. The smallest absolute Gasteiger partial charge is 0.248 e. The Hall–Kier alpha value is -3.44. The highest BCUT2D eigenvalue weighted by Gasteiger charge is 2.29. The summed E-state index contributed by atoms with van der Waals surface area (Å²) in [6, 6.07) is 5.31. The number of aromatic nitrogens is 3. The summed E-state index contributed by atoms with van der Waals surface area (Å²) in [7, 11) is 0. The van der Waals surface area contributed by atoms with E-state index in [1.807, 2.05) is 0 Å². The van der Waals surface area contributed by atoms with Crippen molar-refractivity contribution in [1.29, 1.82) is 0 Å². The molecule has 2 aromatic heterocycles. The van der Waals surface area contributed by atoms with Gasteiger partial charge in [-0.3, -0.25) is 9.48 Å². The first-order chi connectivity index (χ1) is 17.1. The van der Waals surface area contributed by atoms with Gasteiger partial charge < -0.3 is 29.6 Å². The van der Waals surface area contributed by atoms with Gasteiger partial charge in [-0.1, -0.05) is 6.07 Å². The van der Waals surface area contributed by atoms with Gasteiger partial charge in [0.15, 0.2) is 29.1 Å². The number of hydrogen-bond acceptors (Lipinski definition) is 6. The van der Waals surface area contributed by atoms with Gasteiger partial charge in [-0.25, -0.2) is 8.78 Å². The molecule has 0 bridgehead atoms. The van der Waals surface area contributed by atoms with Crippen molar-refractivity contribution in [2.75, 3.05) is 18.5 Å². The van der Waals surface area contributed by atoms with E-state index in [2.05, 4.69) is 10.4 Å². The number of aromatic hydroxyl groups is 1. The second-order valence-electron chi connectivity index (χ2n) is 9.60. The molecule has 1 amide bonds. The molecular formula is C25H30F2N4O5. The Morgan fingerprint density at radius 3 is 2.64 bits per heavy atom. The van der Waals surface area contributed by atoms with Crippen molar-refractivity contribution in [1.82, 2.24) is 14.3 Å². The molecule has 1 fully saturated rings. The van der Waals surface area contributed by atoms with Crippen molar-refractivity contribution in [2.45, 2.75) is 51.3 Å². The molecule has 1 aliphatic heterocycles. The maximum atomic E-state index is 14.1. The lowest BCUT2D eigenvalue weighted by Gasteiger charge is -2.27. The number of aliphatic hydroxyl groups is 1. The van der Waals surface area contributed by atoms with Crippen molar-refractivity contribution < 1.29 is 33.3 Å². The average Bonchev–Trinajstić information content (AvgIpc) is 3.39. The molecule has 1 aliphatic rings. The molecule has 194 valence electrons. The van der Waals surface area contributed by atoms with Gasteiger partial charge >= 0.3 is 0 Å². The van der Waals surface area contributed by atoms with E-state index in [0.717, 1.165) is 25.0 Å². The summed E-state index contributed by atoms with van der Waals surface area (Å²) in [6.07, 6.45) is 4.90. The molecule has 1 saturated heterocycles. The van der Waals surface area contributed by atoms with E-state index in [1.54, 1.807) is 26.1 Å². The summed E-state index contributed by atoms with van der Waals surface area (Å²) < 4.78 is 41.7. The van der Waals surface area contributed by atoms with E-state index < -0.39 is 34.9 Å². The Morgan fingerprint density at radius 1 is 1.28 bits per heavy atom. The quantitative estimate of drug-likeness (QED) is 0.402. The molecule has 0 aliphatic carbocycles. The highest BCUT2D eigenvalue weighted by atomic mass is 19.1. The van der Waals surface area contributed by atoms with Crippen LogP contribution in [-0.4, -0.2) is 49.3 Å². The van der Waals surface area contributed by atoms with E-state index in [-0.39, 0.29) is 29.9 Å². The molecular weight excluding hydrogens is 474 g/mol. The van der Waals surface area contributed by atoms with Gasteiger partial charge in [0.05, 0.1) is 18.3 Å². The molecule has 4 rings (SSSR count). The van der Waals surface area contributed by atoms with Crippen molar-refractivity contribution in [3.8, 4) is 17.4 Å². The van der Waals surface area contributed by atoms with Crippen LogP contribution in [0.1, 0.15) is 39.2 Å². The number of anilines is 1. The highest BCUT2D eigenvalue weighted by molar-refractivity contribution is 5.93. The minimum absolute atomic E-state index is 0.0178. The first-order valence-electron chi connectivity index (χ1n) is 11.8. The number of halogens is 2. The predicted molar refractivity (Wildman–Crippen MR) is 127 cm³/mol. The van der Waals surface area contributed by atoms with Crippen LogP contribution in [0.2, 0.25) is 0 Å². The summed E-state index contributed by atoms with van der Waals surface area (Å²) in [5, 5.41) is 27.7. The van der Waals surface area contributed by atoms with E-state index in [1.165, 1.54) is 27.6 Å². The summed E-state index contributed by atoms with van der Waals surface area (Å²) in [6.45, 7) is 4.70. The number of amides is 1. The topological polar surface area (TPSA) is 111 Å². The van der Waals surface area contributed by atoms with Crippen LogP contribution < -0.4 is 10.1 Å². The van der Waals surface area contributed by atoms with Crippen LogP contribution in [0.5, 0.6) is 17.4 Å². The first kappa shape index (κ1) is 25.6. The molecule has 3 N–H and O–H groups in total. The van der Waals surface area contributed by atoms with Crippen LogP contribution >= 0.6 is 0 Å². The van der Waals surface area contributed by atoms with Crippen LogP contribution in [0.15, 0.2) is 42.7 Å². The predicted octanol–water partition coefficient (Wildman–Crippen LogP) is 4.23. The van der Waals surface area contributed by atoms with Crippen LogP contribution in [0.25, 0.3) is 0 Å². The number of benzene rings is 1. The number of carbonyl (C=O) groups is 1. The first-order valence-corrected chi connectivity index (χ1v) is 11.8. The zero-order valence-corrected chi connectivity index (χ0v) is 20.2. The number of hydrogen-bond donors (Lipinski definition) is 3. The number of carbonyl (C=O) groups excluding carboxylic acids is 1. The average molecular weight is 505 g/mol. The second kappa shape index (κ2) is 10.7. The lowest BCUT2D eigenvalue weighted by atomic mass is 9.92. The normalized spacial score (nSPS) is 15.6.